The molecule has 3 unspecified atom stereocenters. The highest BCUT2D eigenvalue weighted by molar-refractivity contribution is 5.90. The number of carboxylic acids is 1. The minimum Gasteiger partial charge on any atom is -0.481 e. The van der Waals surface area contributed by atoms with Crippen molar-refractivity contribution in [3.63, 3.8) is 0 Å². The number of rotatable bonds is 14. The van der Waals surface area contributed by atoms with E-state index in [1.807, 2.05) is 54.6 Å². The van der Waals surface area contributed by atoms with Crippen LogP contribution < -0.4 is 10.2 Å². The number of aliphatic hydroxyl groups excluding tert-OH is 1. The average molecular weight is 618 g/mol. The molecule has 0 spiro atoms. The van der Waals surface area contributed by atoms with Crippen molar-refractivity contribution in [2.75, 3.05) is 42.9 Å². The Balaban J connectivity index is 1.18. The number of amides is 1. The molecule has 2 aliphatic rings. The van der Waals surface area contributed by atoms with Gasteiger partial charge in [0.05, 0.1) is 18.8 Å². The number of carbonyl (C=O) groups is 2. The van der Waals surface area contributed by atoms with Gasteiger partial charge in [-0.2, -0.15) is 0 Å². The van der Waals surface area contributed by atoms with Crippen LogP contribution in [-0.2, 0) is 25.7 Å². The molecule has 240 valence electrons. The van der Waals surface area contributed by atoms with Gasteiger partial charge >= 0.3 is 5.97 Å². The third-order valence-electron chi connectivity index (χ3n) is 8.30. The van der Waals surface area contributed by atoms with Gasteiger partial charge in [0.15, 0.2) is 6.29 Å². The summed E-state index contributed by atoms with van der Waals surface area (Å²) in [4.78, 5) is 36.5. The summed E-state index contributed by atoms with van der Waals surface area (Å²) in [6.07, 6.45) is 7.03. The normalized spacial score (nSPS) is 20.6. The molecule has 1 amide bonds. The van der Waals surface area contributed by atoms with Crippen LogP contribution >= 0.6 is 0 Å². The molecule has 5 rings (SSSR count). The van der Waals surface area contributed by atoms with Gasteiger partial charge in [-0.05, 0) is 42.2 Å². The van der Waals surface area contributed by atoms with Crippen molar-refractivity contribution in [3.8, 4) is 0 Å². The Morgan fingerprint density at radius 2 is 1.51 bits per heavy atom. The smallest absolute Gasteiger partial charge is 0.303 e. The van der Waals surface area contributed by atoms with E-state index in [0.29, 0.717) is 24.9 Å². The fourth-order valence-corrected chi connectivity index (χ4v) is 5.77. The highest BCUT2D eigenvalue weighted by atomic mass is 16.7. The van der Waals surface area contributed by atoms with Crippen molar-refractivity contribution in [1.82, 2.24) is 14.9 Å². The Kier molecular flexibility index (Phi) is 11.9. The molecule has 2 fully saturated rings. The van der Waals surface area contributed by atoms with Crippen molar-refractivity contribution in [1.29, 1.82) is 0 Å². The Morgan fingerprint density at radius 3 is 2.18 bits per heavy atom. The Hall–Kier alpha value is -3.90. The number of aliphatic carboxylic acids is 1. The number of piperazine rings is 1. The van der Waals surface area contributed by atoms with E-state index >= 15 is 0 Å². The summed E-state index contributed by atoms with van der Waals surface area (Å²) < 4.78 is 13.0. The van der Waals surface area contributed by atoms with E-state index in [0.717, 1.165) is 74.6 Å². The maximum absolute atomic E-state index is 12.4. The SMILES string of the molecule is O=C(O)CCCCCCC(=O)Nc1ccc(C2OC(CN3CCN(c4ncccn4)CC3)CC(c3ccc(CO)cc3)O2)cc1. The fourth-order valence-electron chi connectivity index (χ4n) is 5.77. The monoisotopic (exact) mass is 617 g/mol. The maximum atomic E-state index is 12.4. The first-order chi connectivity index (χ1) is 22.0. The van der Waals surface area contributed by atoms with E-state index < -0.39 is 12.3 Å². The second-order valence-electron chi connectivity index (χ2n) is 11.7. The van der Waals surface area contributed by atoms with Gasteiger partial charge in [-0.1, -0.05) is 49.2 Å². The summed E-state index contributed by atoms with van der Waals surface area (Å²) in [6, 6.07) is 17.3. The molecule has 11 nitrogen and oxygen atoms in total. The molecule has 3 N–H and O–H groups in total. The van der Waals surface area contributed by atoms with Gasteiger partial charge in [0, 0.05) is 75.6 Å². The zero-order chi connectivity index (χ0) is 31.4. The maximum Gasteiger partial charge on any atom is 0.303 e. The molecular weight excluding hydrogens is 574 g/mol. The molecule has 2 aliphatic heterocycles. The molecular formula is C34H43N5O6. The van der Waals surface area contributed by atoms with E-state index in [-0.39, 0.29) is 31.1 Å². The zero-order valence-electron chi connectivity index (χ0n) is 25.6. The zero-order valence-corrected chi connectivity index (χ0v) is 25.6. The second-order valence-corrected chi connectivity index (χ2v) is 11.7. The number of carbonyl (C=O) groups excluding carboxylic acids is 1. The lowest BCUT2D eigenvalue weighted by molar-refractivity contribution is -0.253. The van der Waals surface area contributed by atoms with Crippen LogP contribution in [0.2, 0.25) is 0 Å². The minimum absolute atomic E-state index is 0.00412. The number of aliphatic hydroxyl groups is 1. The number of benzene rings is 2. The highest BCUT2D eigenvalue weighted by Crippen LogP contribution is 2.38. The van der Waals surface area contributed by atoms with Crippen molar-refractivity contribution < 1.29 is 29.3 Å². The topological polar surface area (TPSA) is 137 Å². The van der Waals surface area contributed by atoms with Gasteiger partial charge in [-0.15, -0.1) is 0 Å². The fraction of sp³-hybridized carbons (Fsp3) is 0.471. The van der Waals surface area contributed by atoms with Gasteiger partial charge in [0.25, 0.3) is 0 Å². The Bertz CT molecular complexity index is 1350. The van der Waals surface area contributed by atoms with Gasteiger partial charge in [-0.25, -0.2) is 9.97 Å². The van der Waals surface area contributed by atoms with E-state index in [9.17, 15) is 14.7 Å². The summed E-state index contributed by atoms with van der Waals surface area (Å²) in [5, 5.41) is 21.2. The molecule has 2 aromatic carbocycles. The van der Waals surface area contributed by atoms with Crippen molar-refractivity contribution >= 4 is 23.5 Å². The molecule has 3 heterocycles. The number of unbranched alkanes of at least 4 members (excludes halogenated alkanes) is 3. The molecule has 0 saturated carbocycles. The Labute approximate surface area is 264 Å². The van der Waals surface area contributed by atoms with Crippen molar-refractivity contribution in [2.24, 2.45) is 0 Å². The van der Waals surface area contributed by atoms with Crippen LogP contribution in [0.4, 0.5) is 11.6 Å². The number of ether oxygens (including phenoxy) is 2. The number of nitrogens with one attached hydrogen (secondary N) is 1. The minimum atomic E-state index is -0.781. The van der Waals surface area contributed by atoms with Crippen LogP contribution in [0.25, 0.3) is 0 Å². The van der Waals surface area contributed by atoms with Gasteiger partial charge in [-0.3, -0.25) is 14.5 Å². The third kappa shape index (κ3) is 9.79. The lowest BCUT2D eigenvalue weighted by Gasteiger charge is -2.40. The van der Waals surface area contributed by atoms with Gasteiger partial charge in [0.2, 0.25) is 11.9 Å². The van der Waals surface area contributed by atoms with E-state index in [1.54, 1.807) is 12.4 Å². The van der Waals surface area contributed by atoms with Crippen LogP contribution in [-0.4, -0.2) is 75.8 Å². The number of nitrogens with zero attached hydrogens (tertiary/aromatic N) is 4. The third-order valence-corrected chi connectivity index (χ3v) is 8.30. The number of aromatic nitrogens is 2. The van der Waals surface area contributed by atoms with Gasteiger partial charge < -0.3 is 29.9 Å². The molecule has 45 heavy (non-hydrogen) atoms. The number of hydrogen-bond donors (Lipinski definition) is 3. The first kappa shape index (κ1) is 32.5. The standard InChI is InChI=1S/C34H43N5O6/c40-24-25-8-10-26(11-9-25)30-22-29(23-38-18-20-39(21-19-38)34-35-16-5-17-36-34)44-33(45-30)27-12-14-28(15-13-27)37-31(41)6-3-1-2-4-7-32(42)43/h5,8-17,29-30,33,40H,1-4,6-7,18-24H2,(H,37,41)(H,42,43). The van der Waals surface area contributed by atoms with Crippen molar-refractivity contribution in [3.05, 3.63) is 83.7 Å². The molecule has 2 saturated heterocycles. The first-order valence-electron chi connectivity index (χ1n) is 15.8. The summed E-state index contributed by atoms with van der Waals surface area (Å²) >= 11 is 0. The molecule has 3 aromatic rings. The highest BCUT2D eigenvalue weighted by Gasteiger charge is 2.34. The molecule has 0 radical (unpaired) electrons. The van der Waals surface area contributed by atoms with E-state index in [1.165, 1.54) is 0 Å². The molecule has 11 heteroatoms. The summed E-state index contributed by atoms with van der Waals surface area (Å²) in [5.41, 5.74) is 3.48. The van der Waals surface area contributed by atoms with Crippen LogP contribution in [0.3, 0.4) is 0 Å². The quantitative estimate of drug-likeness (QED) is 0.218. The van der Waals surface area contributed by atoms with Crippen LogP contribution in [0, 0.1) is 0 Å². The lowest BCUT2D eigenvalue weighted by Crippen LogP contribution is -2.50. The number of carboxylic acid groups (broad SMARTS) is 1. The summed E-state index contributed by atoms with van der Waals surface area (Å²) in [7, 11) is 0. The summed E-state index contributed by atoms with van der Waals surface area (Å²) in [5.74, 6) is -0.0773. The average Bonchev–Trinajstić information content (AvgIpc) is 3.07. The van der Waals surface area contributed by atoms with Crippen LogP contribution in [0.15, 0.2) is 67.0 Å². The molecule has 3 atom stereocenters. The van der Waals surface area contributed by atoms with E-state index in [2.05, 4.69) is 25.1 Å². The molecule has 0 aliphatic carbocycles. The molecule has 0 bridgehead atoms. The number of anilines is 2. The van der Waals surface area contributed by atoms with Crippen LogP contribution in [0.5, 0.6) is 0 Å². The van der Waals surface area contributed by atoms with Gasteiger partial charge in [0.1, 0.15) is 0 Å². The summed E-state index contributed by atoms with van der Waals surface area (Å²) in [6.45, 7) is 4.24. The van der Waals surface area contributed by atoms with Crippen LogP contribution in [0.1, 0.15) is 74.0 Å². The Morgan fingerprint density at radius 1 is 0.844 bits per heavy atom. The second kappa shape index (κ2) is 16.4. The first-order valence-corrected chi connectivity index (χ1v) is 15.8. The predicted octanol–water partition coefficient (Wildman–Crippen LogP) is 4.70. The van der Waals surface area contributed by atoms with Crippen molar-refractivity contribution in [2.45, 2.75) is 70.1 Å². The lowest BCUT2D eigenvalue weighted by atomic mass is 9.99. The number of hydrogen-bond acceptors (Lipinski definition) is 9. The largest absolute Gasteiger partial charge is 0.481 e. The molecule has 1 aromatic heterocycles. The predicted molar refractivity (Wildman–Crippen MR) is 170 cm³/mol. The van der Waals surface area contributed by atoms with E-state index in [4.69, 9.17) is 14.6 Å².